The Morgan fingerprint density at radius 2 is 2.06 bits per heavy atom. The molecule has 0 saturated carbocycles. The number of amides is 1. The lowest BCUT2D eigenvalue weighted by atomic mass is 9.97. The molecule has 5 nitrogen and oxygen atoms in total. The summed E-state index contributed by atoms with van der Waals surface area (Å²) in [6, 6.07) is 6.25. The maximum atomic E-state index is 13.2. The van der Waals surface area contributed by atoms with Gasteiger partial charge in [-0.25, -0.2) is 9.37 Å². The van der Waals surface area contributed by atoms with Crippen molar-refractivity contribution in [3.8, 4) is 0 Å². The smallest absolute Gasteiger partial charge is 0.263 e. The Bertz CT molecular complexity index is 1170. The van der Waals surface area contributed by atoms with E-state index in [1.54, 1.807) is 34.1 Å². The summed E-state index contributed by atoms with van der Waals surface area (Å²) >= 11 is 2.88. The van der Waals surface area contributed by atoms with Crippen LogP contribution in [0.25, 0.3) is 10.2 Å². The maximum Gasteiger partial charge on any atom is 0.263 e. The van der Waals surface area contributed by atoms with Crippen molar-refractivity contribution >= 4 is 39.2 Å². The molecule has 0 bridgehead atoms. The first-order valence-electron chi connectivity index (χ1n) is 10.4. The van der Waals surface area contributed by atoms with E-state index in [0.717, 1.165) is 47.0 Å². The molecule has 0 spiro atoms. The number of hydrogen-bond acceptors (Lipinski definition) is 5. The van der Waals surface area contributed by atoms with Crippen LogP contribution in [-0.4, -0.2) is 27.8 Å². The second-order valence-electron chi connectivity index (χ2n) is 7.50. The van der Waals surface area contributed by atoms with Crippen LogP contribution in [0.5, 0.6) is 0 Å². The maximum absolute atomic E-state index is 13.2. The molecule has 0 radical (unpaired) electrons. The van der Waals surface area contributed by atoms with Crippen molar-refractivity contribution in [2.24, 2.45) is 0 Å². The molecule has 1 aliphatic rings. The summed E-state index contributed by atoms with van der Waals surface area (Å²) in [5, 5.41) is 4.16. The van der Waals surface area contributed by atoms with Crippen molar-refractivity contribution in [3.63, 3.8) is 0 Å². The van der Waals surface area contributed by atoms with Crippen LogP contribution < -0.4 is 10.9 Å². The highest BCUT2D eigenvalue weighted by molar-refractivity contribution is 7.99. The van der Waals surface area contributed by atoms with Crippen LogP contribution in [0.2, 0.25) is 0 Å². The lowest BCUT2D eigenvalue weighted by molar-refractivity contribution is -0.118. The zero-order valence-electron chi connectivity index (χ0n) is 17.2. The number of hydrogen-bond donors (Lipinski definition) is 1. The number of carbonyl (C=O) groups excluding carboxylic acids is 1. The van der Waals surface area contributed by atoms with E-state index in [1.807, 2.05) is 0 Å². The van der Waals surface area contributed by atoms with Crippen LogP contribution in [0.4, 0.5) is 4.39 Å². The highest BCUT2D eigenvalue weighted by Crippen LogP contribution is 2.34. The molecule has 0 atom stereocenters. The Balaban J connectivity index is 1.45. The lowest BCUT2D eigenvalue weighted by Gasteiger charge is -2.12. The van der Waals surface area contributed by atoms with Gasteiger partial charge in [-0.3, -0.25) is 14.2 Å². The Labute approximate surface area is 188 Å². The van der Waals surface area contributed by atoms with Gasteiger partial charge in [0.05, 0.1) is 11.1 Å². The minimum absolute atomic E-state index is 0.0384. The lowest BCUT2D eigenvalue weighted by Crippen LogP contribution is -2.28. The standard InChI is InChI=1S/C23H24FN3O2S2/c1-2-13-27-22(29)20-17-5-3-4-6-18(17)31-21(20)26-23(27)30-14-19(28)25-12-11-15-7-9-16(24)10-8-15/h2,7-10H,1,3-6,11-14H2,(H,25,28). The molecule has 0 fully saturated rings. The van der Waals surface area contributed by atoms with Gasteiger partial charge in [0.15, 0.2) is 5.16 Å². The number of fused-ring (bicyclic) bond motifs is 3. The van der Waals surface area contributed by atoms with E-state index in [4.69, 9.17) is 4.98 Å². The molecular weight excluding hydrogens is 433 g/mol. The molecule has 4 rings (SSSR count). The predicted octanol–water partition coefficient (Wildman–Crippen LogP) is 4.11. The Hall–Kier alpha value is -2.45. The van der Waals surface area contributed by atoms with Crippen LogP contribution in [0, 0.1) is 5.82 Å². The third kappa shape index (κ3) is 4.91. The van der Waals surface area contributed by atoms with Gasteiger partial charge in [0, 0.05) is 18.0 Å². The monoisotopic (exact) mass is 457 g/mol. The second kappa shape index (κ2) is 9.78. The highest BCUT2D eigenvalue weighted by atomic mass is 32.2. The number of halogens is 1. The van der Waals surface area contributed by atoms with E-state index in [-0.39, 0.29) is 23.0 Å². The molecule has 0 unspecified atom stereocenters. The zero-order chi connectivity index (χ0) is 21.8. The summed E-state index contributed by atoms with van der Waals surface area (Å²) in [6.45, 7) is 4.60. The van der Waals surface area contributed by atoms with Gasteiger partial charge in [0.25, 0.3) is 5.56 Å². The molecule has 31 heavy (non-hydrogen) atoms. The van der Waals surface area contributed by atoms with Crippen molar-refractivity contribution in [3.05, 3.63) is 69.1 Å². The molecule has 1 amide bonds. The molecule has 1 aromatic carbocycles. The van der Waals surface area contributed by atoms with Gasteiger partial charge in [-0.05, 0) is 55.4 Å². The number of thioether (sulfide) groups is 1. The van der Waals surface area contributed by atoms with Crippen LogP contribution in [0.3, 0.4) is 0 Å². The fourth-order valence-corrected chi connectivity index (χ4v) is 5.94. The molecule has 2 heterocycles. The average molecular weight is 458 g/mol. The van der Waals surface area contributed by atoms with E-state index in [0.29, 0.717) is 24.7 Å². The third-order valence-corrected chi connectivity index (χ3v) is 7.50. The number of aryl methyl sites for hydroxylation is 2. The topological polar surface area (TPSA) is 64.0 Å². The summed E-state index contributed by atoms with van der Waals surface area (Å²) in [5.41, 5.74) is 2.09. The number of thiophene rings is 1. The fourth-order valence-electron chi connectivity index (χ4n) is 3.80. The largest absolute Gasteiger partial charge is 0.355 e. The zero-order valence-corrected chi connectivity index (χ0v) is 18.8. The van der Waals surface area contributed by atoms with Crippen LogP contribution in [0.1, 0.15) is 28.8 Å². The number of carbonyl (C=O) groups is 1. The van der Waals surface area contributed by atoms with Crippen LogP contribution in [-0.2, 0) is 30.6 Å². The van der Waals surface area contributed by atoms with Crippen molar-refractivity contribution in [2.45, 2.75) is 43.8 Å². The average Bonchev–Trinajstić information content (AvgIpc) is 3.14. The number of nitrogens with zero attached hydrogens (tertiary/aromatic N) is 2. The highest BCUT2D eigenvalue weighted by Gasteiger charge is 2.22. The summed E-state index contributed by atoms with van der Waals surface area (Å²) in [6.07, 6.45) is 6.51. The van der Waals surface area contributed by atoms with E-state index < -0.39 is 0 Å². The van der Waals surface area contributed by atoms with Crippen LogP contribution >= 0.6 is 23.1 Å². The van der Waals surface area contributed by atoms with Crippen molar-refractivity contribution < 1.29 is 9.18 Å². The Morgan fingerprint density at radius 3 is 2.84 bits per heavy atom. The Morgan fingerprint density at radius 1 is 1.29 bits per heavy atom. The van der Waals surface area contributed by atoms with Gasteiger partial charge in [0.1, 0.15) is 10.6 Å². The number of nitrogens with one attached hydrogen (secondary N) is 1. The summed E-state index contributed by atoms with van der Waals surface area (Å²) in [5.74, 6) is -0.230. The van der Waals surface area contributed by atoms with Gasteiger partial charge in [-0.15, -0.1) is 17.9 Å². The van der Waals surface area contributed by atoms with Gasteiger partial charge >= 0.3 is 0 Å². The molecule has 1 aliphatic carbocycles. The summed E-state index contributed by atoms with van der Waals surface area (Å²) in [4.78, 5) is 32.3. The van der Waals surface area contributed by atoms with Crippen molar-refractivity contribution in [2.75, 3.05) is 12.3 Å². The number of benzene rings is 1. The SMILES string of the molecule is C=CCn1c(SCC(=O)NCCc2ccc(F)cc2)nc2sc3c(c2c1=O)CCCC3. The Kier molecular flexibility index (Phi) is 6.87. The fraction of sp³-hybridized carbons (Fsp3) is 0.348. The minimum atomic E-state index is -0.272. The van der Waals surface area contributed by atoms with E-state index >= 15 is 0 Å². The predicted molar refractivity (Wildman–Crippen MR) is 125 cm³/mol. The molecule has 2 aromatic heterocycles. The molecule has 162 valence electrons. The van der Waals surface area contributed by atoms with Crippen molar-refractivity contribution in [1.82, 2.24) is 14.9 Å². The molecular formula is C23H24FN3O2S2. The van der Waals surface area contributed by atoms with Gasteiger partial charge in [0.2, 0.25) is 5.91 Å². The first-order chi connectivity index (χ1) is 15.1. The summed E-state index contributed by atoms with van der Waals surface area (Å²) in [7, 11) is 0. The van der Waals surface area contributed by atoms with Crippen LogP contribution in [0.15, 0.2) is 46.9 Å². The minimum Gasteiger partial charge on any atom is -0.355 e. The second-order valence-corrected chi connectivity index (χ2v) is 9.53. The number of rotatable bonds is 8. The van der Waals surface area contributed by atoms with Gasteiger partial charge in [-0.1, -0.05) is 30.0 Å². The van der Waals surface area contributed by atoms with Crippen molar-refractivity contribution in [1.29, 1.82) is 0 Å². The number of aromatic nitrogens is 2. The normalized spacial score (nSPS) is 13.2. The van der Waals surface area contributed by atoms with E-state index in [9.17, 15) is 14.0 Å². The molecule has 3 aromatic rings. The molecule has 0 saturated heterocycles. The molecule has 0 aliphatic heterocycles. The van der Waals surface area contributed by atoms with E-state index in [2.05, 4.69) is 11.9 Å². The van der Waals surface area contributed by atoms with E-state index in [1.165, 1.54) is 28.8 Å². The van der Waals surface area contributed by atoms with Gasteiger partial charge < -0.3 is 5.32 Å². The first-order valence-corrected chi connectivity index (χ1v) is 12.2. The quantitative estimate of drug-likeness (QED) is 0.314. The molecule has 1 N–H and O–H groups in total. The third-order valence-electron chi connectivity index (χ3n) is 5.33. The molecule has 8 heteroatoms. The summed E-state index contributed by atoms with van der Waals surface area (Å²) < 4.78 is 14.6. The van der Waals surface area contributed by atoms with Gasteiger partial charge in [-0.2, -0.15) is 0 Å². The first kappa shape index (κ1) is 21.8. The number of allylic oxidation sites excluding steroid dienone is 1.